The topological polar surface area (TPSA) is 41.1 Å². The highest BCUT2D eigenvalue weighted by atomic mass is 32.1. The lowest BCUT2D eigenvalue weighted by atomic mass is 10.0. The lowest BCUT2D eigenvalue weighted by Gasteiger charge is -2.17. The first kappa shape index (κ1) is 11.5. The van der Waals surface area contributed by atoms with E-state index in [9.17, 15) is 4.79 Å². The molecule has 2 N–H and O–H groups in total. The summed E-state index contributed by atoms with van der Waals surface area (Å²) in [5.74, 6) is 0.967. The number of fused-ring (bicyclic) bond motifs is 1. The molecule has 4 heteroatoms. The fraction of sp³-hybridized carbons (Fsp3) is 0.417. The first-order valence-electron chi connectivity index (χ1n) is 5.53. The summed E-state index contributed by atoms with van der Waals surface area (Å²) in [4.78, 5) is 11.2. The SMILES string of the molecule is O=C1CCc2cc(CNCCS)ccc2N1. The lowest BCUT2D eigenvalue weighted by molar-refractivity contribution is -0.116. The monoisotopic (exact) mass is 236 g/mol. The fourth-order valence-corrected chi connectivity index (χ4v) is 2.02. The summed E-state index contributed by atoms with van der Waals surface area (Å²) in [5.41, 5.74) is 3.47. The number of carbonyl (C=O) groups is 1. The molecule has 16 heavy (non-hydrogen) atoms. The molecule has 1 aliphatic rings. The van der Waals surface area contributed by atoms with Crippen LogP contribution in [0.1, 0.15) is 17.5 Å². The van der Waals surface area contributed by atoms with Gasteiger partial charge in [-0.05, 0) is 23.6 Å². The molecule has 0 radical (unpaired) electrons. The predicted octanol–water partition coefficient (Wildman–Crippen LogP) is 1.59. The number of anilines is 1. The van der Waals surface area contributed by atoms with Gasteiger partial charge in [0.25, 0.3) is 0 Å². The van der Waals surface area contributed by atoms with Gasteiger partial charge in [0.05, 0.1) is 0 Å². The minimum atomic E-state index is 0.119. The number of amides is 1. The zero-order valence-electron chi connectivity index (χ0n) is 9.12. The summed E-state index contributed by atoms with van der Waals surface area (Å²) >= 11 is 4.15. The van der Waals surface area contributed by atoms with Gasteiger partial charge in [0.2, 0.25) is 5.91 Å². The number of benzene rings is 1. The number of rotatable bonds is 4. The van der Waals surface area contributed by atoms with Gasteiger partial charge in [-0.3, -0.25) is 4.79 Å². The number of thiol groups is 1. The predicted molar refractivity (Wildman–Crippen MR) is 69.0 cm³/mol. The van der Waals surface area contributed by atoms with Crippen molar-refractivity contribution in [2.24, 2.45) is 0 Å². The third-order valence-electron chi connectivity index (χ3n) is 2.68. The van der Waals surface area contributed by atoms with Crippen molar-refractivity contribution in [2.45, 2.75) is 19.4 Å². The van der Waals surface area contributed by atoms with Gasteiger partial charge in [0, 0.05) is 31.0 Å². The maximum absolute atomic E-state index is 11.2. The van der Waals surface area contributed by atoms with E-state index in [-0.39, 0.29) is 5.91 Å². The molecule has 1 aromatic rings. The van der Waals surface area contributed by atoms with Crippen LogP contribution in [-0.2, 0) is 17.8 Å². The summed E-state index contributed by atoms with van der Waals surface area (Å²) in [7, 11) is 0. The molecule has 0 saturated carbocycles. The van der Waals surface area contributed by atoms with E-state index in [1.165, 1.54) is 11.1 Å². The minimum absolute atomic E-state index is 0.119. The number of hydrogen-bond acceptors (Lipinski definition) is 3. The van der Waals surface area contributed by atoms with Crippen LogP contribution in [0.3, 0.4) is 0 Å². The van der Waals surface area contributed by atoms with E-state index in [1.807, 2.05) is 6.07 Å². The molecule has 0 fully saturated rings. The summed E-state index contributed by atoms with van der Waals surface area (Å²) in [6.07, 6.45) is 1.45. The Hall–Kier alpha value is -1.00. The number of nitrogens with one attached hydrogen (secondary N) is 2. The highest BCUT2D eigenvalue weighted by Gasteiger charge is 2.14. The summed E-state index contributed by atoms with van der Waals surface area (Å²) < 4.78 is 0. The third-order valence-corrected chi connectivity index (χ3v) is 2.91. The molecule has 3 nitrogen and oxygen atoms in total. The minimum Gasteiger partial charge on any atom is -0.326 e. The van der Waals surface area contributed by atoms with Gasteiger partial charge in [0.1, 0.15) is 0 Å². The molecule has 0 spiro atoms. The average molecular weight is 236 g/mol. The molecular formula is C12H16N2OS. The van der Waals surface area contributed by atoms with Crippen molar-refractivity contribution >= 4 is 24.2 Å². The zero-order chi connectivity index (χ0) is 11.4. The van der Waals surface area contributed by atoms with Crippen LogP contribution in [0.15, 0.2) is 18.2 Å². The molecule has 1 aliphatic heterocycles. The number of hydrogen-bond donors (Lipinski definition) is 3. The Balaban J connectivity index is 2.04. The Kier molecular flexibility index (Phi) is 3.85. The summed E-state index contributed by atoms with van der Waals surface area (Å²) in [5, 5.41) is 6.19. The van der Waals surface area contributed by atoms with E-state index in [4.69, 9.17) is 0 Å². The van der Waals surface area contributed by atoms with Gasteiger partial charge in [0.15, 0.2) is 0 Å². The summed E-state index contributed by atoms with van der Waals surface area (Å²) in [6.45, 7) is 1.78. The standard InChI is InChI=1S/C12H16N2OS/c15-12-4-2-10-7-9(8-13-5-6-16)1-3-11(10)14-12/h1,3,7,13,16H,2,4-6,8H2,(H,14,15). The first-order valence-corrected chi connectivity index (χ1v) is 6.16. The third kappa shape index (κ3) is 2.77. The van der Waals surface area contributed by atoms with E-state index in [1.54, 1.807) is 0 Å². The number of carbonyl (C=O) groups excluding carboxylic acids is 1. The Morgan fingerprint density at radius 1 is 1.38 bits per heavy atom. The Labute approximate surface area is 101 Å². The van der Waals surface area contributed by atoms with Crippen molar-refractivity contribution in [2.75, 3.05) is 17.6 Å². The van der Waals surface area contributed by atoms with Gasteiger partial charge in [-0.15, -0.1) is 0 Å². The van der Waals surface area contributed by atoms with E-state index >= 15 is 0 Å². The molecular weight excluding hydrogens is 220 g/mol. The van der Waals surface area contributed by atoms with Crippen LogP contribution in [0.2, 0.25) is 0 Å². The Bertz CT molecular complexity index is 393. The first-order chi connectivity index (χ1) is 7.79. The molecule has 86 valence electrons. The quantitative estimate of drug-likeness (QED) is 0.549. The molecule has 0 atom stereocenters. The van der Waals surface area contributed by atoms with Crippen molar-refractivity contribution in [3.8, 4) is 0 Å². The van der Waals surface area contributed by atoms with Crippen molar-refractivity contribution in [1.82, 2.24) is 5.32 Å². The van der Waals surface area contributed by atoms with Crippen LogP contribution in [-0.4, -0.2) is 18.2 Å². The van der Waals surface area contributed by atoms with Gasteiger partial charge < -0.3 is 10.6 Å². The zero-order valence-corrected chi connectivity index (χ0v) is 10.0. The van der Waals surface area contributed by atoms with Gasteiger partial charge >= 0.3 is 0 Å². The van der Waals surface area contributed by atoms with Crippen molar-refractivity contribution in [1.29, 1.82) is 0 Å². The molecule has 1 amide bonds. The van der Waals surface area contributed by atoms with Crippen molar-refractivity contribution < 1.29 is 4.79 Å². The van der Waals surface area contributed by atoms with Crippen LogP contribution in [0.4, 0.5) is 5.69 Å². The lowest BCUT2D eigenvalue weighted by Crippen LogP contribution is -2.20. The van der Waals surface area contributed by atoms with Crippen LogP contribution in [0.5, 0.6) is 0 Å². The Morgan fingerprint density at radius 2 is 2.25 bits per heavy atom. The van der Waals surface area contributed by atoms with E-state index in [0.717, 1.165) is 31.0 Å². The molecule has 2 rings (SSSR count). The molecule has 0 saturated heterocycles. The maximum atomic E-state index is 11.2. The van der Waals surface area contributed by atoms with Gasteiger partial charge in [-0.25, -0.2) is 0 Å². The smallest absolute Gasteiger partial charge is 0.224 e. The Morgan fingerprint density at radius 3 is 3.06 bits per heavy atom. The van der Waals surface area contributed by atoms with Gasteiger partial charge in [-0.1, -0.05) is 12.1 Å². The maximum Gasteiger partial charge on any atom is 0.224 e. The molecule has 0 aliphatic carbocycles. The fourth-order valence-electron chi connectivity index (χ4n) is 1.86. The van der Waals surface area contributed by atoms with Crippen LogP contribution >= 0.6 is 12.6 Å². The van der Waals surface area contributed by atoms with Crippen LogP contribution < -0.4 is 10.6 Å². The second kappa shape index (κ2) is 5.37. The largest absolute Gasteiger partial charge is 0.326 e. The molecule has 0 aromatic heterocycles. The normalized spacial score (nSPS) is 14.4. The molecule has 1 heterocycles. The number of aryl methyl sites for hydroxylation is 1. The highest BCUT2D eigenvalue weighted by molar-refractivity contribution is 7.80. The molecule has 0 bridgehead atoms. The van der Waals surface area contributed by atoms with E-state index < -0.39 is 0 Å². The highest BCUT2D eigenvalue weighted by Crippen LogP contribution is 2.23. The van der Waals surface area contributed by atoms with Gasteiger partial charge in [-0.2, -0.15) is 12.6 Å². The second-order valence-electron chi connectivity index (χ2n) is 3.94. The van der Waals surface area contributed by atoms with E-state index in [2.05, 4.69) is 35.4 Å². The summed E-state index contributed by atoms with van der Waals surface area (Å²) in [6, 6.07) is 6.21. The van der Waals surface area contributed by atoms with Crippen LogP contribution in [0.25, 0.3) is 0 Å². The molecule has 0 unspecified atom stereocenters. The van der Waals surface area contributed by atoms with Crippen LogP contribution in [0, 0.1) is 0 Å². The van der Waals surface area contributed by atoms with Crippen molar-refractivity contribution in [3.63, 3.8) is 0 Å². The average Bonchev–Trinajstić information content (AvgIpc) is 2.29. The second-order valence-corrected chi connectivity index (χ2v) is 4.39. The van der Waals surface area contributed by atoms with Crippen molar-refractivity contribution in [3.05, 3.63) is 29.3 Å². The van der Waals surface area contributed by atoms with E-state index in [0.29, 0.717) is 6.42 Å². The molecule has 1 aromatic carbocycles.